The molecule has 2 aromatic carbocycles. The van der Waals surface area contributed by atoms with Gasteiger partial charge in [-0.1, -0.05) is 29.8 Å². The fourth-order valence-corrected chi connectivity index (χ4v) is 3.62. The van der Waals surface area contributed by atoms with E-state index >= 15 is 0 Å². The summed E-state index contributed by atoms with van der Waals surface area (Å²) in [6.07, 6.45) is 2.09. The van der Waals surface area contributed by atoms with E-state index in [1.54, 1.807) is 0 Å². The van der Waals surface area contributed by atoms with Crippen LogP contribution in [0, 0.1) is 6.92 Å². The van der Waals surface area contributed by atoms with Crippen LogP contribution in [0.2, 0.25) is 0 Å². The molecule has 2 amide bonds. The highest BCUT2D eigenvalue weighted by Crippen LogP contribution is 2.16. The number of amides is 2. The molecule has 0 aliphatic carbocycles. The second-order valence-corrected chi connectivity index (χ2v) is 7.95. The van der Waals surface area contributed by atoms with Gasteiger partial charge in [-0.05, 0) is 49.6 Å². The molecule has 0 spiro atoms. The van der Waals surface area contributed by atoms with Crippen molar-refractivity contribution in [1.29, 1.82) is 0 Å². The number of hydrogen-bond acceptors (Lipinski definition) is 3. The minimum absolute atomic E-state index is 0.0456. The topological polar surface area (TPSA) is 43.9 Å². The standard InChI is InChI=1S/C24H31N3O2/c1-19-5-7-20(8-6-19)9-14-23(28)26-15-4-16-27(18-17-26)24(29)21-10-12-22(13-11-21)25(2)3/h5-8,10-13H,4,9,14-18H2,1-3H3. The summed E-state index contributed by atoms with van der Waals surface area (Å²) in [6.45, 7) is 4.67. The molecular formula is C24H31N3O2. The summed E-state index contributed by atoms with van der Waals surface area (Å²) in [5.41, 5.74) is 4.20. The van der Waals surface area contributed by atoms with E-state index in [2.05, 4.69) is 31.2 Å². The lowest BCUT2D eigenvalue weighted by atomic mass is 10.1. The van der Waals surface area contributed by atoms with Gasteiger partial charge in [-0.2, -0.15) is 0 Å². The van der Waals surface area contributed by atoms with E-state index in [1.807, 2.05) is 53.1 Å². The highest BCUT2D eigenvalue weighted by molar-refractivity contribution is 5.94. The van der Waals surface area contributed by atoms with Gasteiger partial charge >= 0.3 is 0 Å². The number of nitrogens with zero attached hydrogens (tertiary/aromatic N) is 3. The van der Waals surface area contributed by atoms with E-state index in [1.165, 1.54) is 11.1 Å². The van der Waals surface area contributed by atoms with Gasteiger partial charge in [-0.15, -0.1) is 0 Å². The number of carbonyl (C=O) groups excluding carboxylic acids is 2. The van der Waals surface area contributed by atoms with Gasteiger partial charge in [0.15, 0.2) is 0 Å². The second kappa shape index (κ2) is 9.59. The number of benzene rings is 2. The SMILES string of the molecule is Cc1ccc(CCC(=O)N2CCCN(C(=O)c3ccc(N(C)C)cc3)CC2)cc1. The molecular weight excluding hydrogens is 362 g/mol. The molecule has 154 valence electrons. The van der Waals surface area contributed by atoms with Crippen LogP contribution in [0.5, 0.6) is 0 Å². The van der Waals surface area contributed by atoms with Crippen molar-refractivity contribution < 1.29 is 9.59 Å². The molecule has 0 radical (unpaired) electrons. The maximum atomic E-state index is 12.9. The fraction of sp³-hybridized carbons (Fsp3) is 0.417. The summed E-state index contributed by atoms with van der Waals surface area (Å²) in [5, 5.41) is 0. The molecule has 5 nitrogen and oxygen atoms in total. The second-order valence-electron chi connectivity index (χ2n) is 7.95. The molecule has 1 saturated heterocycles. The highest BCUT2D eigenvalue weighted by atomic mass is 16.2. The van der Waals surface area contributed by atoms with E-state index in [0.717, 1.165) is 25.1 Å². The molecule has 0 atom stereocenters. The maximum Gasteiger partial charge on any atom is 0.253 e. The Morgan fingerprint density at radius 2 is 1.48 bits per heavy atom. The minimum atomic E-state index is 0.0456. The third kappa shape index (κ3) is 5.59. The lowest BCUT2D eigenvalue weighted by Gasteiger charge is -2.22. The number of carbonyl (C=O) groups is 2. The Bertz CT molecular complexity index is 828. The summed E-state index contributed by atoms with van der Waals surface area (Å²) in [5.74, 6) is 0.222. The van der Waals surface area contributed by atoms with Crippen molar-refractivity contribution in [2.75, 3.05) is 45.2 Å². The Hall–Kier alpha value is -2.82. The Labute approximate surface area is 173 Å². The number of hydrogen-bond donors (Lipinski definition) is 0. The average Bonchev–Trinajstić information content (AvgIpc) is 2.99. The normalized spacial score (nSPS) is 14.4. The van der Waals surface area contributed by atoms with Gasteiger partial charge < -0.3 is 14.7 Å². The monoisotopic (exact) mass is 393 g/mol. The summed E-state index contributed by atoms with van der Waals surface area (Å²) in [6, 6.07) is 16.0. The van der Waals surface area contributed by atoms with Crippen molar-refractivity contribution in [2.24, 2.45) is 0 Å². The van der Waals surface area contributed by atoms with Crippen LogP contribution in [-0.2, 0) is 11.2 Å². The van der Waals surface area contributed by atoms with Crippen molar-refractivity contribution in [3.63, 3.8) is 0 Å². The minimum Gasteiger partial charge on any atom is -0.378 e. The number of aryl methyl sites for hydroxylation is 2. The number of rotatable bonds is 5. The predicted octanol–water partition coefficient (Wildman–Crippen LogP) is 3.37. The van der Waals surface area contributed by atoms with E-state index < -0.39 is 0 Å². The Morgan fingerprint density at radius 3 is 2.14 bits per heavy atom. The highest BCUT2D eigenvalue weighted by Gasteiger charge is 2.22. The first kappa shape index (κ1) is 20.9. The molecule has 1 heterocycles. The first-order valence-electron chi connectivity index (χ1n) is 10.3. The first-order chi connectivity index (χ1) is 13.9. The molecule has 0 aromatic heterocycles. The molecule has 1 aliphatic rings. The third-order valence-electron chi connectivity index (χ3n) is 5.51. The molecule has 3 rings (SSSR count). The maximum absolute atomic E-state index is 12.9. The van der Waals surface area contributed by atoms with Gasteiger partial charge in [0, 0.05) is 57.9 Å². The van der Waals surface area contributed by atoms with Gasteiger partial charge in [-0.25, -0.2) is 0 Å². The number of anilines is 1. The summed E-state index contributed by atoms with van der Waals surface area (Å²) in [7, 11) is 3.96. The van der Waals surface area contributed by atoms with E-state index in [-0.39, 0.29) is 11.8 Å². The quantitative estimate of drug-likeness (QED) is 0.782. The average molecular weight is 394 g/mol. The lowest BCUT2D eigenvalue weighted by molar-refractivity contribution is -0.131. The van der Waals surface area contributed by atoms with Crippen LogP contribution in [0.4, 0.5) is 5.69 Å². The van der Waals surface area contributed by atoms with Gasteiger partial charge in [0.25, 0.3) is 5.91 Å². The molecule has 29 heavy (non-hydrogen) atoms. The van der Waals surface area contributed by atoms with Crippen molar-refractivity contribution in [3.8, 4) is 0 Å². The zero-order valence-electron chi connectivity index (χ0n) is 17.7. The van der Waals surface area contributed by atoms with Gasteiger partial charge in [0.2, 0.25) is 5.91 Å². The van der Waals surface area contributed by atoms with Gasteiger partial charge in [0.1, 0.15) is 0 Å². The van der Waals surface area contributed by atoms with Crippen LogP contribution in [0.3, 0.4) is 0 Å². The van der Waals surface area contributed by atoms with Crippen LogP contribution >= 0.6 is 0 Å². The molecule has 0 bridgehead atoms. The van der Waals surface area contributed by atoms with Crippen molar-refractivity contribution in [2.45, 2.75) is 26.2 Å². The molecule has 2 aromatic rings. The largest absolute Gasteiger partial charge is 0.378 e. The zero-order valence-corrected chi connectivity index (χ0v) is 17.7. The van der Waals surface area contributed by atoms with Crippen LogP contribution in [0.1, 0.15) is 34.3 Å². The van der Waals surface area contributed by atoms with Crippen molar-refractivity contribution in [3.05, 3.63) is 65.2 Å². The summed E-state index contributed by atoms with van der Waals surface area (Å²) < 4.78 is 0. The Balaban J connectivity index is 1.53. The lowest BCUT2D eigenvalue weighted by Crippen LogP contribution is -2.37. The molecule has 1 aliphatic heterocycles. The van der Waals surface area contributed by atoms with Gasteiger partial charge in [0.05, 0.1) is 0 Å². The molecule has 1 fully saturated rings. The first-order valence-corrected chi connectivity index (χ1v) is 10.3. The smallest absolute Gasteiger partial charge is 0.253 e. The van der Waals surface area contributed by atoms with E-state index in [9.17, 15) is 9.59 Å². The van der Waals surface area contributed by atoms with Gasteiger partial charge in [-0.3, -0.25) is 9.59 Å². The molecule has 0 N–H and O–H groups in total. The third-order valence-corrected chi connectivity index (χ3v) is 5.51. The van der Waals surface area contributed by atoms with Crippen LogP contribution < -0.4 is 4.90 Å². The molecule has 5 heteroatoms. The van der Waals surface area contributed by atoms with Crippen molar-refractivity contribution >= 4 is 17.5 Å². The van der Waals surface area contributed by atoms with E-state index in [4.69, 9.17) is 0 Å². The predicted molar refractivity (Wildman–Crippen MR) is 117 cm³/mol. The van der Waals surface area contributed by atoms with Crippen LogP contribution in [-0.4, -0.2) is 61.9 Å². The Kier molecular flexibility index (Phi) is 6.91. The zero-order chi connectivity index (χ0) is 20.8. The molecule has 0 unspecified atom stereocenters. The Morgan fingerprint density at radius 1 is 0.862 bits per heavy atom. The fourth-order valence-electron chi connectivity index (χ4n) is 3.62. The summed E-state index contributed by atoms with van der Waals surface area (Å²) in [4.78, 5) is 31.3. The van der Waals surface area contributed by atoms with Crippen LogP contribution in [0.15, 0.2) is 48.5 Å². The van der Waals surface area contributed by atoms with E-state index in [0.29, 0.717) is 31.6 Å². The summed E-state index contributed by atoms with van der Waals surface area (Å²) >= 11 is 0. The van der Waals surface area contributed by atoms with Crippen LogP contribution in [0.25, 0.3) is 0 Å². The van der Waals surface area contributed by atoms with Crippen molar-refractivity contribution in [1.82, 2.24) is 9.80 Å². The molecule has 0 saturated carbocycles.